The monoisotopic (exact) mass is 243 g/mol. The van der Waals surface area contributed by atoms with Crippen LogP contribution in [0.1, 0.15) is 26.3 Å². The molecule has 1 heterocycles. The molecule has 0 amide bonds. The van der Waals surface area contributed by atoms with Crippen LogP contribution in [0.4, 0.5) is 4.39 Å². The fraction of sp³-hybridized carbons (Fsp3) is 0.286. The first-order chi connectivity index (χ1) is 8.41. The van der Waals surface area contributed by atoms with Crippen molar-refractivity contribution in [2.24, 2.45) is 0 Å². The second-order valence-electron chi connectivity index (χ2n) is 5.13. The molecular formula is C14H14FN3. The number of benzene rings is 1. The molecular weight excluding hydrogens is 229 g/mol. The minimum atomic E-state index is -0.299. The van der Waals surface area contributed by atoms with Gasteiger partial charge in [-0.3, -0.25) is 4.68 Å². The van der Waals surface area contributed by atoms with E-state index in [2.05, 4.69) is 11.2 Å². The molecule has 0 saturated heterocycles. The molecule has 18 heavy (non-hydrogen) atoms. The van der Waals surface area contributed by atoms with Gasteiger partial charge in [-0.25, -0.2) is 4.39 Å². The zero-order valence-corrected chi connectivity index (χ0v) is 10.6. The molecule has 0 atom stereocenters. The van der Waals surface area contributed by atoms with Crippen molar-refractivity contribution in [1.82, 2.24) is 9.78 Å². The van der Waals surface area contributed by atoms with Crippen molar-refractivity contribution in [1.29, 1.82) is 5.26 Å². The molecule has 2 rings (SSSR count). The van der Waals surface area contributed by atoms with E-state index < -0.39 is 0 Å². The summed E-state index contributed by atoms with van der Waals surface area (Å²) < 4.78 is 14.6. The summed E-state index contributed by atoms with van der Waals surface area (Å²) in [4.78, 5) is 0. The fourth-order valence-corrected chi connectivity index (χ4v) is 1.62. The molecule has 0 radical (unpaired) electrons. The van der Waals surface area contributed by atoms with Gasteiger partial charge in [-0.05, 0) is 45.0 Å². The van der Waals surface area contributed by atoms with Gasteiger partial charge in [-0.15, -0.1) is 0 Å². The maximum atomic E-state index is 12.9. The van der Waals surface area contributed by atoms with Crippen LogP contribution in [0.25, 0.3) is 11.3 Å². The largest absolute Gasteiger partial charge is 0.265 e. The van der Waals surface area contributed by atoms with E-state index in [4.69, 9.17) is 5.26 Å². The average Bonchev–Trinajstić information content (AvgIpc) is 2.73. The standard InChI is InChI=1S/C14H14FN3/c1-14(2,3)18-9-11(8-16)13(17-18)10-4-6-12(15)7-5-10/h4-7,9H,1-3H3. The molecule has 4 heteroatoms. The van der Waals surface area contributed by atoms with Crippen LogP contribution in [0.2, 0.25) is 0 Å². The van der Waals surface area contributed by atoms with E-state index in [0.717, 1.165) is 5.56 Å². The summed E-state index contributed by atoms with van der Waals surface area (Å²) in [6.45, 7) is 6.03. The summed E-state index contributed by atoms with van der Waals surface area (Å²) in [6, 6.07) is 8.12. The number of nitriles is 1. The van der Waals surface area contributed by atoms with Crippen molar-refractivity contribution >= 4 is 0 Å². The Hall–Kier alpha value is -2.15. The highest BCUT2D eigenvalue weighted by molar-refractivity contribution is 5.65. The third-order valence-corrected chi connectivity index (χ3v) is 2.64. The molecule has 3 nitrogen and oxygen atoms in total. The lowest BCUT2D eigenvalue weighted by Gasteiger charge is -2.18. The first kappa shape index (κ1) is 12.3. The second kappa shape index (κ2) is 4.26. The molecule has 0 aliphatic carbocycles. The number of hydrogen-bond donors (Lipinski definition) is 0. The van der Waals surface area contributed by atoms with Gasteiger partial charge in [-0.1, -0.05) is 0 Å². The number of hydrogen-bond acceptors (Lipinski definition) is 2. The SMILES string of the molecule is CC(C)(C)n1cc(C#N)c(-c2ccc(F)cc2)n1. The topological polar surface area (TPSA) is 41.6 Å². The van der Waals surface area contributed by atoms with Crippen LogP contribution in [-0.4, -0.2) is 9.78 Å². The van der Waals surface area contributed by atoms with Gasteiger partial charge < -0.3 is 0 Å². The Balaban J connectivity index is 2.54. The van der Waals surface area contributed by atoms with Crippen LogP contribution in [0, 0.1) is 17.1 Å². The second-order valence-corrected chi connectivity index (χ2v) is 5.13. The zero-order valence-electron chi connectivity index (χ0n) is 10.6. The Morgan fingerprint density at radius 2 is 1.83 bits per heavy atom. The molecule has 0 bridgehead atoms. The number of nitrogens with zero attached hydrogens (tertiary/aromatic N) is 3. The molecule has 0 fully saturated rings. The predicted molar refractivity (Wildman–Crippen MR) is 67.3 cm³/mol. The van der Waals surface area contributed by atoms with E-state index in [1.807, 2.05) is 20.8 Å². The minimum absolute atomic E-state index is 0.191. The van der Waals surface area contributed by atoms with Crippen molar-refractivity contribution < 1.29 is 4.39 Å². The van der Waals surface area contributed by atoms with Crippen LogP contribution in [0.3, 0.4) is 0 Å². The third-order valence-electron chi connectivity index (χ3n) is 2.64. The summed E-state index contributed by atoms with van der Waals surface area (Å²) in [5.74, 6) is -0.299. The first-order valence-corrected chi connectivity index (χ1v) is 5.68. The van der Waals surface area contributed by atoms with Crippen molar-refractivity contribution in [3.8, 4) is 17.3 Å². The molecule has 1 aromatic heterocycles. The van der Waals surface area contributed by atoms with Gasteiger partial charge in [0.15, 0.2) is 0 Å². The van der Waals surface area contributed by atoms with Gasteiger partial charge in [-0.2, -0.15) is 10.4 Å². The highest BCUT2D eigenvalue weighted by atomic mass is 19.1. The molecule has 0 spiro atoms. The Morgan fingerprint density at radius 1 is 1.22 bits per heavy atom. The van der Waals surface area contributed by atoms with Crippen molar-refractivity contribution in [3.63, 3.8) is 0 Å². The quantitative estimate of drug-likeness (QED) is 0.771. The van der Waals surface area contributed by atoms with Gasteiger partial charge in [0.2, 0.25) is 0 Å². The summed E-state index contributed by atoms with van der Waals surface area (Å²) in [5, 5.41) is 13.6. The summed E-state index contributed by atoms with van der Waals surface area (Å²) >= 11 is 0. The number of halogens is 1. The molecule has 0 N–H and O–H groups in total. The lowest BCUT2D eigenvalue weighted by atomic mass is 10.1. The molecule has 0 unspecified atom stereocenters. The first-order valence-electron chi connectivity index (χ1n) is 5.68. The Kier molecular flexibility index (Phi) is 2.92. The highest BCUT2D eigenvalue weighted by Crippen LogP contribution is 2.24. The van der Waals surface area contributed by atoms with Gasteiger partial charge >= 0.3 is 0 Å². The lowest BCUT2D eigenvalue weighted by Crippen LogP contribution is -2.22. The maximum absolute atomic E-state index is 12.9. The summed E-state index contributed by atoms with van der Waals surface area (Å²) in [5.41, 5.74) is 1.64. The van der Waals surface area contributed by atoms with E-state index in [1.165, 1.54) is 12.1 Å². The van der Waals surface area contributed by atoms with E-state index in [-0.39, 0.29) is 11.4 Å². The molecule has 0 aliphatic heterocycles. The Bertz CT molecular complexity index is 597. The predicted octanol–water partition coefficient (Wildman–Crippen LogP) is 3.32. The average molecular weight is 243 g/mol. The normalized spacial score (nSPS) is 11.3. The van der Waals surface area contributed by atoms with Gasteiger partial charge in [0.05, 0.1) is 11.1 Å². The summed E-state index contributed by atoms with van der Waals surface area (Å²) in [7, 11) is 0. The van der Waals surface area contributed by atoms with E-state index in [1.54, 1.807) is 23.0 Å². The number of aromatic nitrogens is 2. The van der Waals surface area contributed by atoms with Crippen LogP contribution < -0.4 is 0 Å². The summed E-state index contributed by atoms with van der Waals surface area (Å²) in [6.07, 6.45) is 1.72. The third kappa shape index (κ3) is 2.25. The van der Waals surface area contributed by atoms with Crippen LogP contribution >= 0.6 is 0 Å². The molecule has 1 aromatic carbocycles. The molecule has 2 aromatic rings. The van der Waals surface area contributed by atoms with Gasteiger partial charge in [0.1, 0.15) is 17.6 Å². The smallest absolute Gasteiger partial charge is 0.123 e. The van der Waals surface area contributed by atoms with Crippen molar-refractivity contribution in [3.05, 3.63) is 41.8 Å². The van der Waals surface area contributed by atoms with E-state index in [9.17, 15) is 4.39 Å². The minimum Gasteiger partial charge on any atom is -0.265 e. The highest BCUT2D eigenvalue weighted by Gasteiger charge is 2.18. The molecule has 92 valence electrons. The van der Waals surface area contributed by atoms with Crippen molar-refractivity contribution in [2.75, 3.05) is 0 Å². The fourth-order valence-electron chi connectivity index (χ4n) is 1.62. The van der Waals surface area contributed by atoms with E-state index >= 15 is 0 Å². The molecule has 0 aliphatic rings. The maximum Gasteiger partial charge on any atom is 0.123 e. The molecule has 0 saturated carbocycles. The van der Waals surface area contributed by atoms with Crippen LogP contribution in [0.5, 0.6) is 0 Å². The Labute approximate surface area is 105 Å². The zero-order chi connectivity index (χ0) is 13.3. The van der Waals surface area contributed by atoms with Crippen LogP contribution in [0.15, 0.2) is 30.5 Å². The number of rotatable bonds is 1. The van der Waals surface area contributed by atoms with Gasteiger partial charge in [0.25, 0.3) is 0 Å². The Morgan fingerprint density at radius 3 is 2.33 bits per heavy atom. The van der Waals surface area contributed by atoms with E-state index in [0.29, 0.717) is 11.3 Å². The lowest BCUT2D eigenvalue weighted by molar-refractivity contribution is 0.356. The van der Waals surface area contributed by atoms with Crippen LogP contribution in [-0.2, 0) is 5.54 Å². The van der Waals surface area contributed by atoms with Gasteiger partial charge in [0, 0.05) is 11.8 Å². The van der Waals surface area contributed by atoms with Crippen molar-refractivity contribution in [2.45, 2.75) is 26.3 Å².